The van der Waals surface area contributed by atoms with E-state index in [0.29, 0.717) is 0 Å². The van der Waals surface area contributed by atoms with E-state index >= 15 is 0 Å². The summed E-state index contributed by atoms with van der Waals surface area (Å²) in [7, 11) is -0.426. The molecule has 106 valence electrons. The molecule has 1 aliphatic rings. The molecular formula is C14H20BN3O2. The zero-order chi connectivity index (χ0) is 14.5. The molecule has 0 spiro atoms. The van der Waals surface area contributed by atoms with Gasteiger partial charge in [-0.05, 0) is 46.8 Å². The van der Waals surface area contributed by atoms with E-state index in [2.05, 4.69) is 17.0 Å². The SMILES string of the molecule is CCn1ncc2ccc(B3OC(C)(C)C(C)(C)O3)nc21. The number of nitrogens with zero attached hydrogens (tertiary/aromatic N) is 3. The van der Waals surface area contributed by atoms with Crippen molar-refractivity contribution in [3.8, 4) is 0 Å². The summed E-state index contributed by atoms with van der Waals surface area (Å²) in [5.41, 5.74) is 0.976. The number of fused-ring (bicyclic) bond motifs is 1. The first-order valence-electron chi connectivity index (χ1n) is 7.02. The van der Waals surface area contributed by atoms with E-state index in [0.717, 1.165) is 23.2 Å². The van der Waals surface area contributed by atoms with Gasteiger partial charge < -0.3 is 9.31 Å². The van der Waals surface area contributed by atoms with Crippen LogP contribution in [0.2, 0.25) is 0 Å². The van der Waals surface area contributed by atoms with Crippen LogP contribution in [0.3, 0.4) is 0 Å². The van der Waals surface area contributed by atoms with Crippen LogP contribution in [0.15, 0.2) is 18.3 Å². The Morgan fingerprint density at radius 3 is 2.40 bits per heavy atom. The van der Waals surface area contributed by atoms with Crippen molar-refractivity contribution >= 4 is 23.7 Å². The lowest BCUT2D eigenvalue weighted by atomic mass is 9.84. The number of rotatable bonds is 2. The monoisotopic (exact) mass is 273 g/mol. The highest BCUT2D eigenvalue weighted by atomic mass is 16.7. The molecule has 0 aliphatic carbocycles. The molecule has 20 heavy (non-hydrogen) atoms. The summed E-state index contributed by atoms with van der Waals surface area (Å²) in [6.45, 7) is 11.0. The topological polar surface area (TPSA) is 49.2 Å². The summed E-state index contributed by atoms with van der Waals surface area (Å²) in [6, 6.07) is 3.97. The Balaban J connectivity index is 1.99. The zero-order valence-corrected chi connectivity index (χ0v) is 12.7. The van der Waals surface area contributed by atoms with Crippen LogP contribution in [-0.2, 0) is 15.9 Å². The second kappa shape index (κ2) is 4.30. The molecule has 6 heteroatoms. The first-order valence-corrected chi connectivity index (χ1v) is 7.02. The molecule has 0 unspecified atom stereocenters. The van der Waals surface area contributed by atoms with Crippen LogP contribution in [0, 0.1) is 0 Å². The van der Waals surface area contributed by atoms with Gasteiger partial charge in [-0.3, -0.25) is 0 Å². The normalized spacial score (nSPS) is 20.8. The van der Waals surface area contributed by atoms with Gasteiger partial charge in [0.15, 0.2) is 5.65 Å². The van der Waals surface area contributed by atoms with Crippen LogP contribution in [0.5, 0.6) is 0 Å². The van der Waals surface area contributed by atoms with Gasteiger partial charge in [0.2, 0.25) is 0 Å². The Bertz CT molecular complexity index is 635. The maximum Gasteiger partial charge on any atom is 0.514 e. The second-order valence-corrected chi connectivity index (χ2v) is 6.20. The largest absolute Gasteiger partial charge is 0.514 e. The molecule has 0 bridgehead atoms. The first-order chi connectivity index (χ1) is 9.34. The van der Waals surface area contributed by atoms with Gasteiger partial charge in [0.05, 0.1) is 23.0 Å². The number of aryl methyl sites for hydroxylation is 1. The van der Waals surface area contributed by atoms with E-state index in [-0.39, 0.29) is 11.2 Å². The van der Waals surface area contributed by atoms with Gasteiger partial charge in [0.25, 0.3) is 0 Å². The lowest BCUT2D eigenvalue weighted by molar-refractivity contribution is 0.00578. The maximum atomic E-state index is 6.03. The van der Waals surface area contributed by atoms with E-state index in [9.17, 15) is 0 Å². The van der Waals surface area contributed by atoms with Crippen LogP contribution in [-0.4, -0.2) is 33.1 Å². The highest BCUT2D eigenvalue weighted by Crippen LogP contribution is 2.36. The quantitative estimate of drug-likeness (QED) is 0.782. The van der Waals surface area contributed by atoms with Crippen LogP contribution in [0.25, 0.3) is 11.0 Å². The Kier molecular flexibility index (Phi) is 2.92. The van der Waals surface area contributed by atoms with Crippen LogP contribution >= 0.6 is 0 Å². The van der Waals surface area contributed by atoms with Crippen molar-refractivity contribution in [1.29, 1.82) is 0 Å². The number of hydrogen-bond acceptors (Lipinski definition) is 4. The third kappa shape index (κ3) is 1.94. The van der Waals surface area contributed by atoms with E-state index in [1.165, 1.54) is 0 Å². The summed E-state index contributed by atoms with van der Waals surface area (Å²) in [5.74, 6) is 0. The smallest absolute Gasteiger partial charge is 0.398 e. The van der Waals surface area contributed by atoms with E-state index in [1.54, 1.807) is 0 Å². The average molecular weight is 273 g/mol. The molecule has 5 nitrogen and oxygen atoms in total. The molecule has 1 aliphatic heterocycles. The Morgan fingerprint density at radius 1 is 1.15 bits per heavy atom. The first kappa shape index (κ1) is 13.6. The fourth-order valence-electron chi connectivity index (χ4n) is 2.29. The summed E-state index contributed by atoms with van der Waals surface area (Å²) in [6.07, 6.45) is 1.83. The third-order valence-electron chi connectivity index (χ3n) is 4.30. The van der Waals surface area contributed by atoms with Gasteiger partial charge in [-0.15, -0.1) is 0 Å². The van der Waals surface area contributed by atoms with Crippen LogP contribution in [0.4, 0.5) is 0 Å². The Morgan fingerprint density at radius 2 is 1.80 bits per heavy atom. The molecule has 3 heterocycles. The van der Waals surface area contributed by atoms with Crippen molar-refractivity contribution in [3.05, 3.63) is 18.3 Å². The predicted molar refractivity (Wildman–Crippen MR) is 78.9 cm³/mol. The molecule has 0 radical (unpaired) electrons. The Labute approximate surface area is 119 Å². The van der Waals surface area contributed by atoms with Crippen molar-refractivity contribution in [1.82, 2.24) is 14.8 Å². The minimum Gasteiger partial charge on any atom is -0.398 e. The lowest BCUT2D eigenvalue weighted by Gasteiger charge is -2.32. The molecular weight excluding hydrogens is 253 g/mol. The maximum absolute atomic E-state index is 6.03. The highest BCUT2D eigenvalue weighted by Gasteiger charge is 2.52. The predicted octanol–water partition coefficient (Wildman–Crippen LogP) is 1.75. The van der Waals surface area contributed by atoms with Gasteiger partial charge in [-0.2, -0.15) is 5.10 Å². The molecule has 0 aromatic carbocycles. The Hall–Kier alpha value is -1.40. The third-order valence-corrected chi connectivity index (χ3v) is 4.30. The fraction of sp³-hybridized carbons (Fsp3) is 0.571. The van der Waals surface area contributed by atoms with E-state index in [1.807, 2.05) is 50.7 Å². The zero-order valence-electron chi connectivity index (χ0n) is 12.7. The highest BCUT2D eigenvalue weighted by molar-refractivity contribution is 6.61. The van der Waals surface area contributed by atoms with Crippen molar-refractivity contribution in [2.24, 2.45) is 0 Å². The molecule has 0 saturated carbocycles. The van der Waals surface area contributed by atoms with Crippen molar-refractivity contribution in [3.63, 3.8) is 0 Å². The molecule has 0 N–H and O–H groups in total. The molecule has 1 fully saturated rings. The van der Waals surface area contributed by atoms with Gasteiger partial charge in [0, 0.05) is 11.9 Å². The molecule has 2 aromatic heterocycles. The standard InChI is InChI=1S/C14H20BN3O2/c1-6-18-12-10(9-16-18)7-8-11(17-12)15-19-13(2,3)14(4,5)20-15/h7-9H,6H2,1-5H3. The molecule has 2 aromatic rings. The summed E-state index contributed by atoms with van der Waals surface area (Å²) < 4.78 is 13.9. The summed E-state index contributed by atoms with van der Waals surface area (Å²) in [4.78, 5) is 4.67. The lowest BCUT2D eigenvalue weighted by Crippen LogP contribution is -2.41. The number of aromatic nitrogens is 3. The summed E-state index contributed by atoms with van der Waals surface area (Å²) in [5, 5.41) is 5.35. The fourth-order valence-corrected chi connectivity index (χ4v) is 2.29. The molecule has 1 saturated heterocycles. The molecule has 3 rings (SSSR count). The van der Waals surface area contributed by atoms with Gasteiger partial charge in [-0.25, -0.2) is 9.67 Å². The van der Waals surface area contributed by atoms with Crippen LogP contribution in [0.1, 0.15) is 34.6 Å². The second-order valence-electron chi connectivity index (χ2n) is 6.20. The van der Waals surface area contributed by atoms with Gasteiger partial charge in [0.1, 0.15) is 0 Å². The van der Waals surface area contributed by atoms with Crippen molar-refractivity contribution in [2.75, 3.05) is 0 Å². The van der Waals surface area contributed by atoms with Crippen molar-refractivity contribution < 1.29 is 9.31 Å². The van der Waals surface area contributed by atoms with Gasteiger partial charge >= 0.3 is 7.12 Å². The minimum atomic E-state index is -0.426. The van der Waals surface area contributed by atoms with Crippen LogP contribution < -0.4 is 5.59 Å². The molecule has 0 atom stereocenters. The van der Waals surface area contributed by atoms with E-state index in [4.69, 9.17) is 9.31 Å². The van der Waals surface area contributed by atoms with E-state index < -0.39 is 7.12 Å². The molecule has 0 amide bonds. The number of pyridine rings is 1. The minimum absolute atomic E-state index is 0.348. The van der Waals surface area contributed by atoms with Gasteiger partial charge in [-0.1, -0.05) is 0 Å². The van der Waals surface area contributed by atoms with Crippen molar-refractivity contribution in [2.45, 2.75) is 52.4 Å². The number of hydrogen-bond donors (Lipinski definition) is 0. The average Bonchev–Trinajstić information content (AvgIpc) is 2.87. The summed E-state index contributed by atoms with van der Waals surface area (Å²) >= 11 is 0.